The van der Waals surface area contributed by atoms with E-state index < -0.39 is 0 Å². The number of nitrogens with zero attached hydrogens (tertiary/aromatic N) is 1. The fourth-order valence-electron chi connectivity index (χ4n) is 3.96. The predicted octanol–water partition coefficient (Wildman–Crippen LogP) is 5.61. The molecule has 3 aromatic rings. The Kier molecular flexibility index (Phi) is 7.24. The molecule has 0 amide bonds. The molecule has 0 aliphatic rings. The highest BCUT2D eigenvalue weighted by atomic mass is 15.1. The molecule has 0 aliphatic heterocycles. The molecule has 0 heterocycles. The zero-order valence-electron chi connectivity index (χ0n) is 18.0. The number of aryl methyl sites for hydroxylation is 1. The summed E-state index contributed by atoms with van der Waals surface area (Å²) in [6.07, 6.45) is 0. The second-order valence-corrected chi connectivity index (χ2v) is 8.90. The number of hydrogen-bond donors (Lipinski definition) is 1. The molecule has 3 rings (SSSR count). The summed E-state index contributed by atoms with van der Waals surface area (Å²) in [4.78, 5) is 2.58. The molecule has 2 N–H and O–H groups in total. The van der Waals surface area contributed by atoms with Crippen LogP contribution in [0.4, 0.5) is 0 Å². The lowest BCUT2D eigenvalue weighted by molar-refractivity contribution is 0.171. The van der Waals surface area contributed by atoms with Crippen LogP contribution in [0.5, 0.6) is 0 Å². The van der Waals surface area contributed by atoms with E-state index in [9.17, 15) is 0 Å². The lowest BCUT2D eigenvalue weighted by atomic mass is 9.88. The monoisotopic (exact) mass is 386 g/mol. The Morgan fingerprint density at radius 2 is 1.41 bits per heavy atom. The van der Waals surface area contributed by atoms with Crippen molar-refractivity contribution >= 4 is 0 Å². The van der Waals surface area contributed by atoms with Crippen molar-refractivity contribution in [1.29, 1.82) is 0 Å². The fraction of sp³-hybridized carbons (Fsp3) is 0.333. The van der Waals surface area contributed by atoms with Gasteiger partial charge < -0.3 is 5.73 Å². The molecule has 0 aromatic heterocycles. The van der Waals surface area contributed by atoms with Crippen LogP contribution in [0.3, 0.4) is 0 Å². The Bertz CT molecular complexity index is 832. The van der Waals surface area contributed by atoms with Gasteiger partial charge in [-0.1, -0.05) is 104 Å². The quantitative estimate of drug-likeness (QED) is 0.517. The van der Waals surface area contributed by atoms with E-state index in [1.165, 1.54) is 22.3 Å². The summed E-state index contributed by atoms with van der Waals surface area (Å²) in [7, 11) is 0. The molecule has 2 nitrogen and oxygen atoms in total. The van der Waals surface area contributed by atoms with Gasteiger partial charge in [0.05, 0.1) is 0 Å². The van der Waals surface area contributed by atoms with Crippen LogP contribution in [0, 0.1) is 12.3 Å². The molecule has 3 aromatic carbocycles. The van der Waals surface area contributed by atoms with Crippen LogP contribution in [-0.2, 0) is 6.54 Å². The van der Waals surface area contributed by atoms with Gasteiger partial charge in [-0.3, -0.25) is 4.90 Å². The van der Waals surface area contributed by atoms with Crippen LogP contribution in [0.15, 0.2) is 84.9 Å². The second kappa shape index (κ2) is 9.87. The predicted molar refractivity (Wildman–Crippen MR) is 124 cm³/mol. The fourth-order valence-corrected chi connectivity index (χ4v) is 3.96. The minimum atomic E-state index is 0.0712. The average molecular weight is 387 g/mol. The Morgan fingerprint density at radius 3 is 1.93 bits per heavy atom. The van der Waals surface area contributed by atoms with Gasteiger partial charge in [0.25, 0.3) is 0 Å². The topological polar surface area (TPSA) is 29.3 Å². The Labute approximate surface area is 176 Å². The molecule has 0 radical (unpaired) electrons. The molecule has 0 atom stereocenters. The first-order valence-electron chi connectivity index (χ1n) is 10.5. The van der Waals surface area contributed by atoms with Crippen LogP contribution in [0.25, 0.3) is 0 Å². The van der Waals surface area contributed by atoms with E-state index in [1.807, 2.05) is 0 Å². The van der Waals surface area contributed by atoms with Crippen molar-refractivity contribution in [2.24, 2.45) is 11.1 Å². The molecule has 0 bridgehead atoms. The molecular weight excluding hydrogens is 352 g/mol. The van der Waals surface area contributed by atoms with E-state index >= 15 is 0 Å². The average Bonchev–Trinajstić information content (AvgIpc) is 2.73. The SMILES string of the molecule is Cc1cccc(CN(CC(c2ccccc2)c2ccccc2)CC(C)(C)CN)c1. The third-order valence-electron chi connectivity index (χ3n) is 5.54. The van der Waals surface area contributed by atoms with Crippen molar-refractivity contribution in [3.8, 4) is 0 Å². The number of nitrogens with two attached hydrogens (primary N) is 1. The maximum atomic E-state index is 6.10. The number of benzene rings is 3. The summed E-state index contributed by atoms with van der Waals surface area (Å²) in [6.45, 7) is 10.2. The summed E-state index contributed by atoms with van der Waals surface area (Å²) in [5.74, 6) is 0.329. The third-order valence-corrected chi connectivity index (χ3v) is 5.54. The van der Waals surface area contributed by atoms with E-state index in [0.717, 1.165) is 19.6 Å². The van der Waals surface area contributed by atoms with Gasteiger partial charge in [0.2, 0.25) is 0 Å². The van der Waals surface area contributed by atoms with Gasteiger partial charge in [-0.25, -0.2) is 0 Å². The molecule has 0 fully saturated rings. The van der Waals surface area contributed by atoms with Crippen LogP contribution in [0.1, 0.15) is 42.0 Å². The van der Waals surface area contributed by atoms with Gasteiger partial charge in [-0.2, -0.15) is 0 Å². The number of rotatable bonds is 9. The van der Waals surface area contributed by atoms with Crippen molar-refractivity contribution in [2.75, 3.05) is 19.6 Å². The lowest BCUT2D eigenvalue weighted by Crippen LogP contribution is -2.40. The smallest absolute Gasteiger partial charge is 0.0234 e. The Balaban J connectivity index is 1.91. The van der Waals surface area contributed by atoms with Crippen molar-refractivity contribution in [1.82, 2.24) is 4.90 Å². The molecule has 0 saturated heterocycles. The summed E-state index contributed by atoms with van der Waals surface area (Å²) in [6, 6.07) is 30.6. The van der Waals surface area contributed by atoms with Gasteiger partial charge in [0, 0.05) is 25.6 Å². The van der Waals surface area contributed by atoms with Crippen LogP contribution >= 0.6 is 0 Å². The molecule has 0 saturated carbocycles. The van der Waals surface area contributed by atoms with E-state index in [4.69, 9.17) is 5.73 Å². The first kappa shape index (κ1) is 21.3. The first-order chi connectivity index (χ1) is 14.0. The zero-order valence-corrected chi connectivity index (χ0v) is 18.0. The highest BCUT2D eigenvalue weighted by molar-refractivity contribution is 5.33. The van der Waals surface area contributed by atoms with E-state index in [1.54, 1.807) is 0 Å². The standard InChI is InChI=1S/C27H34N2/c1-22-11-10-12-23(17-22)18-29(21-27(2,3)20-28)19-26(24-13-6-4-7-14-24)25-15-8-5-9-16-25/h4-17,26H,18-21,28H2,1-3H3. The van der Waals surface area contributed by atoms with Gasteiger partial charge in [0.15, 0.2) is 0 Å². The largest absolute Gasteiger partial charge is 0.330 e. The molecule has 2 heteroatoms. The van der Waals surface area contributed by atoms with Crippen LogP contribution in [-0.4, -0.2) is 24.5 Å². The number of hydrogen-bond acceptors (Lipinski definition) is 2. The summed E-state index contributed by atoms with van der Waals surface area (Å²) in [5, 5.41) is 0. The van der Waals surface area contributed by atoms with Gasteiger partial charge in [0.1, 0.15) is 0 Å². The molecule has 0 aliphatic carbocycles. The molecule has 0 unspecified atom stereocenters. The van der Waals surface area contributed by atoms with Crippen LogP contribution < -0.4 is 5.73 Å². The minimum Gasteiger partial charge on any atom is -0.330 e. The van der Waals surface area contributed by atoms with Crippen molar-refractivity contribution < 1.29 is 0 Å². The maximum absolute atomic E-state index is 6.10. The molecule has 29 heavy (non-hydrogen) atoms. The summed E-state index contributed by atoms with van der Waals surface area (Å²) < 4.78 is 0. The summed E-state index contributed by atoms with van der Waals surface area (Å²) >= 11 is 0. The van der Waals surface area contributed by atoms with Gasteiger partial charge in [-0.15, -0.1) is 0 Å². The Hall–Kier alpha value is -2.42. The van der Waals surface area contributed by atoms with Crippen molar-refractivity contribution in [3.05, 3.63) is 107 Å². The van der Waals surface area contributed by atoms with E-state index in [-0.39, 0.29) is 5.41 Å². The molecule has 152 valence electrons. The van der Waals surface area contributed by atoms with E-state index in [0.29, 0.717) is 12.5 Å². The maximum Gasteiger partial charge on any atom is 0.0234 e. The van der Waals surface area contributed by atoms with Gasteiger partial charge in [-0.05, 0) is 35.6 Å². The zero-order chi connectivity index (χ0) is 20.7. The highest BCUT2D eigenvalue weighted by Crippen LogP contribution is 2.28. The highest BCUT2D eigenvalue weighted by Gasteiger charge is 2.24. The van der Waals surface area contributed by atoms with Gasteiger partial charge >= 0.3 is 0 Å². The van der Waals surface area contributed by atoms with Crippen molar-refractivity contribution in [3.63, 3.8) is 0 Å². The normalized spacial score (nSPS) is 11.9. The minimum absolute atomic E-state index is 0.0712. The van der Waals surface area contributed by atoms with Crippen LogP contribution in [0.2, 0.25) is 0 Å². The Morgan fingerprint density at radius 1 is 0.828 bits per heavy atom. The lowest BCUT2D eigenvalue weighted by Gasteiger charge is -2.34. The van der Waals surface area contributed by atoms with Crippen molar-refractivity contribution in [2.45, 2.75) is 33.2 Å². The molecule has 0 spiro atoms. The second-order valence-electron chi connectivity index (χ2n) is 8.90. The molecular formula is C27H34N2. The van der Waals surface area contributed by atoms with E-state index in [2.05, 4.69) is 111 Å². The summed E-state index contributed by atoms with van der Waals surface area (Å²) in [5.41, 5.74) is 11.6. The third kappa shape index (κ3) is 6.28. The first-order valence-corrected chi connectivity index (χ1v) is 10.5.